The second-order valence-electron chi connectivity index (χ2n) is 7.17. The van der Waals surface area contributed by atoms with Crippen LogP contribution in [0.4, 0.5) is 5.69 Å². The van der Waals surface area contributed by atoms with Gasteiger partial charge >= 0.3 is 5.97 Å². The van der Waals surface area contributed by atoms with Crippen molar-refractivity contribution >= 4 is 29.3 Å². The van der Waals surface area contributed by atoms with E-state index in [4.69, 9.17) is 16.2 Å². The Morgan fingerprint density at radius 1 is 1.19 bits per heavy atom. The van der Waals surface area contributed by atoms with Gasteiger partial charge in [-0.2, -0.15) is 0 Å². The minimum atomic E-state index is -1.06. The van der Waals surface area contributed by atoms with Gasteiger partial charge in [0.25, 0.3) is 0 Å². The highest BCUT2D eigenvalue weighted by atomic mass is 16.4. The minimum absolute atomic E-state index is 0.0228. The molecule has 0 radical (unpaired) electrons. The lowest BCUT2D eigenvalue weighted by Crippen LogP contribution is -2.53. The second kappa shape index (κ2) is 9.70. The predicted octanol–water partition coefficient (Wildman–Crippen LogP) is 0.346. The molecule has 0 aliphatic carbocycles. The second-order valence-corrected chi connectivity index (χ2v) is 7.17. The first kappa shape index (κ1) is 21.8. The molecular formula is C21H24N6O4. The van der Waals surface area contributed by atoms with Crippen LogP contribution in [-0.2, 0) is 14.4 Å². The molecular weight excluding hydrogens is 400 g/mol. The minimum Gasteiger partial charge on any atom is -0.481 e. The summed E-state index contributed by atoms with van der Waals surface area (Å²) in [5.41, 5.74) is 7.35. The Labute approximate surface area is 179 Å². The van der Waals surface area contributed by atoms with Crippen molar-refractivity contribution < 1.29 is 19.5 Å². The van der Waals surface area contributed by atoms with Crippen LogP contribution in [0.25, 0.3) is 0 Å². The Morgan fingerprint density at radius 2 is 1.94 bits per heavy atom. The number of pyridine rings is 1. The van der Waals surface area contributed by atoms with E-state index in [0.717, 1.165) is 5.69 Å². The first-order valence-electron chi connectivity index (χ1n) is 9.72. The molecule has 31 heavy (non-hydrogen) atoms. The van der Waals surface area contributed by atoms with E-state index in [0.29, 0.717) is 24.3 Å². The van der Waals surface area contributed by atoms with Crippen molar-refractivity contribution in [1.29, 1.82) is 5.41 Å². The quantitative estimate of drug-likeness (QED) is 0.352. The van der Waals surface area contributed by atoms with Crippen LogP contribution in [0.1, 0.15) is 23.7 Å². The SMILES string of the molecule is N=C(N)c1ccc(N2CCN(CC(=O)NC(CC(=O)O)c3ccccn3)C(=O)C2)cc1. The van der Waals surface area contributed by atoms with Gasteiger partial charge in [0.2, 0.25) is 11.8 Å². The van der Waals surface area contributed by atoms with E-state index in [-0.39, 0.29) is 31.3 Å². The number of nitrogens with two attached hydrogens (primary N) is 1. The third-order valence-electron chi connectivity index (χ3n) is 4.96. The normalized spacial score (nSPS) is 14.8. The van der Waals surface area contributed by atoms with Crippen LogP contribution < -0.4 is 16.0 Å². The number of aliphatic carboxylic acids is 1. The molecule has 0 bridgehead atoms. The maximum Gasteiger partial charge on any atom is 0.305 e. The number of amidine groups is 1. The van der Waals surface area contributed by atoms with Crippen LogP contribution in [0, 0.1) is 5.41 Å². The van der Waals surface area contributed by atoms with Gasteiger partial charge in [-0.05, 0) is 36.4 Å². The summed E-state index contributed by atoms with van der Waals surface area (Å²) in [7, 11) is 0. The van der Waals surface area contributed by atoms with Crippen molar-refractivity contribution in [3.63, 3.8) is 0 Å². The lowest BCUT2D eigenvalue weighted by Gasteiger charge is -2.35. The highest BCUT2D eigenvalue weighted by molar-refractivity contribution is 5.95. The zero-order valence-electron chi connectivity index (χ0n) is 16.8. The fraction of sp³-hybridized carbons (Fsp3) is 0.286. The molecule has 2 aromatic rings. The van der Waals surface area contributed by atoms with Crippen LogP contribution in [0.2, 0.25) is 0 Å². The van der Waals surface area contributed by atoms with Crippen molar-refractivity contribution in [2.45, 2.75) is 12.5 Å². The zero-order chi connectivity index (χ0) is 22.4. The first-order valence-corrected chi connectivity index (χ1v) is 9.72. The standard InChI is InChI=1S/C21H24N6O4/c22-21(23)14-4-6-15(7-5-14)26-9-10-27(19(29)13-26)12-18(28)25-17(11-20(30)31)16-3-1-2-8-24-16/h1-8,17H,9-13H2,(H3,22,23)(H,25,28)(H,30,31). The highest BCUT2D eigenvalue weighted by Gasteiger charge is 2.27. The summed E-state index contributed by atoms with van der Waals surface area (Å²) in [6.45, 7) is 0.857. The fourth-order valence-electron chi connectivity index (χ4n) is 3.35. The van der Waals surface area contributed by atoms with Gasteiger partial charge in [0.1, 0.15) is 5.84 Å². The molecule has 162 valence electrons. The largest absolute Gasteiger partial charge is 0.481 e. The number of hydrogen-bond acceptors (Lipinski definition) is 6. The first-order chi connectivity index (χ1) is 14.8. The Hall–Kier alpha value is -3.95. The molecule has 2 heterocycles. The highest BCUT2D eigenvalue weighted by Crippen LogP contribution is 2.18. The Morgan fingerprint density at radius 3 is 2.52 bits per heavy atom. The monoisotopic (exact) mass is 424 g/mol. The molecule has 1 saturated heterocycles. The molecule has 1 aliphatic heterocycles. The zero-order valence-corrected chi connectivity index (χ0v) is 16.8. The molecule has 1 atom stereocenters. The maximum atomic E-state index is 12.6. The number of carboxylic acids is 1. The van der Waals surface area contributed by atoms with Gasteiger partial charge in [0, 0.05) is 30.5 Å². The summed E-state index contributed by atoms with van der Waals surface area (Å²) in [6.07, 6.45) is 1.22. The predicted molar refractivity (Wildman–Crippen MR) is 114 cm³/mol. The number of hydrogen-bond donors (Lipinski definition) is 4. The van der Waals surface area contributed by atoms with E-state index in [2.05, 4.69) is 10.3 Å². The number of carboxylic acid groups (broad SMARTS) is 1. The van der Waals surface area contributed by atoms with Crippen LogP contribution in [0.15, 0.2) is 48.7 Å². The Kier molecular flexibility index (Phi) is 6.81. The maximum absolute atomic E-state index is 12.6. The third-order valence-corrected chi connectivity index (χ3v) is 4.96. The van der Waals surface area contributed by atoms with Gasteiger partial charge < -0.3 is 26.0 Å². The number of amides is 2. The molecule has 1 fully saturated rings. The Balaban J connectivity index is 1.58. The average molecular weight is 424 g/mol. The molecule has 1 aliphatic rings. The summed E-state index contributed by atoms with van der Waals surface area (Å²) in [5, 5.41) is 19.3. The number of anilines is 1. The van der Waals surface area contributed by atoms with Crippen molar-refractivity contribution in [1.82, 2.24) is 15.2 Å². The molecule has 1 unspecified atom stereocenters. The third kappa shape index (κ3) is 5.78. The lowest BCUT2D eigenvalue weighted by molar-refractivity contribution is -0.139. The van der Waals surface area contributed by atoms with Gasteiger partial charge in [0.15, 0.2) is 0 Å². The molecule has 0 saturated carbocycles. The van der Waals surface area contributed by atoms with E-state index in [9.17, 15) is 14.4 Å². The van der Waals surface area contributed by atoms with Gasteiger partial charge in [-0.1, -0.05) is 6.07 Å². The van der Waals surface area contributed by atoms with Gasteiger partial charge in [-0.15, -0.1) is 0 Å². The van der Waals surface area contributed by atoms with E-state index >= 15 is 0 Å². The molecule has 10 heteroatoms. The van der Waals surface area contributed by atoms with E-state index in [1.807, 2.05) is 4.90 Å². The number of benzene rings is 1. The topological polar surface area (TPSA) is 153 Å². The van der Waals surface area contributed by atoms with Crippen LogP contribution in [-0.4, -0.2) is 64.8 Å². The van der Waals surface area contributed by atoms with Gasteiger partial charge in [-0.3, -0.25) is 24.8 Å². The van der Waals surface area contributed by atoms with E-state index in [1.54, 1.807) is 42.5 Å². The molecule has 5 N–H and O–H groups in total. The number of carbonyl (C=O) groups excluding carboxylic acids is 2. The van der Waals surface area contributed by atoms with Crippen LogP contribution >= 0.6 is 0 Å². The molecule has 2 amide bonds. The smallest absolute Gasteiger partial charge is 0.305 e. The summed E-state index contributed by atoms with van der Waals surface area (Å²) in [6, 6.07) is 11.3. The number of piperazine rings is 1. The summed E-state index contributed by atoms with van der Waals surface area (Å²) < 4.78 is 0. The average Bonchev–Trinajstić information content (AvgIpc) is 2.75. The Bertz CT molecular complexity index is 964. The number of nitrogens with one attached hydrogen (secondary N) is 2. The van der Waals surface area contributed by atoms with Gasteiger partial charge in [-0.25, -0.2) is 0 Å². The number of nitrogens with zero attached hydrogens (tertiary/aromatic N) is 3. The molecule has 1 aromatic heterocycles. The van der Waals surface area contributed by atoms with Crippen molar-refractivity contribution in [2.24, 2.45) is 5.73 Å². The fourth-order valence-corrected chi connectivity index (χ4v) is 3.35. The molecule has 0 spiro atoms. The number of nitrogen functional groups attached to an aromatic ring is 1. The lowest BCUT2D eigenvalue weighted by atomic mass is 10.1. The van der Waals surface area contributed by atoms with Crippen LogP contribution in [0.3, 0.4) is 0 Å². The summed E-state index contributed by atoms with van der Waals surface area (Å²) in [4.78, 5) is 43.7. The van der Waals surface area contributed by atoms with Gasteiger partial charge in [0.05, 0.1) is 31.2 Å². The number of aromatic nitrogens is 1. The van der Waals surface area contributed by atoms with Crippen molar-refractivity contribution in [3.05, 3.63) is 59.9 Å². The molecule has 10 nitrogen and oxygen atoms in total. The van der Waals surface area contributed by atoms with Crippen molar-refractivity contribution in [3.8, 4) is 0 Å². The summed E-state index contributed by atoms with van der Waals surface area (Å²) in [5.74, 6) is -1.73. The molecule has 3 rings (SSSR count). The molecule has 1 aromatic carbocycles. The van der Waals surface area contributed by atoms with E-state index in [1.165, 1.54) is 11.1 Å². The number of carbonyl (C=O) groups is 3. The van der Waals surface area contributed by atoms with E-state index < -0.39 is 17.9 Å². The van der Waals surface area contributed by atoms with Crippen molar-refractivity contribution in [2.75, 3.05) is 31.1 Å². The summed E-state index contributed by atoms with van der Waals surface area (Å²) >= 11 is 0. The number of rotatable bonds is 8. The van der Waals surface area contributed by atoms with Crippen LogP contribution in [0.5, 0.6) is 0 Å².